The fraction of sp³-hybridized carbons (Fsp3) is 0.556. The van der Waals surface area contributed by atoms with Crippen LogP contribution in [-0.4, -0.2) is 28.7 Å². The summed E-state index contributed by atoms with van der Waals surface area (Å²) in [5.41, 5.74) is 1.01. The summed E-state index contributed by atoms with van der Waals surface area (Å²) in [4.78, 5) is 11.5. The number of aryl methyl sites for hydroxylation is 1. The second-order valence-corrected chi connectivity index (χ2v) is 3.52. The van der Waals surface area contributed by atoms with Gasteiger partial charge in [-0.15, -0.1) is 0 Å². The molecule has 1 aromatic rings. The summed E-state index contributed by atoms with van der Waals surface area (Å²) in [5.74, 6) is 0.562. The first kappa shape index (κ1) is 8.44. The molecule has 2 heterocycles. The number of carbonyl (C=O) groups is 1. The molecule has 0 aromatic carbocycles. The Labute approximate surface area is 76.9 Å². The van der Waals surface area contributed by atoms with Crippen LogP contribution >= 0.6 is 0 Å². The molecular weight excluding hydrogens is 166 g/mol. The number of ketones is 1. The Kier molecular flexibility index (Phi) is 2.14. The highest BCUT2D eigenvalue weighted by Gasteiger charge is 2.24. The van der Waals surface area contributed by atoms with Gasteiger partial charge < -0.3 is 5.32 Å². The molecule has 70 valence electrons. The zero-order chi connectivity index (χ0) is 9.26. The van der Waals surface area contributed by atoms with E-state index in [2.05, 4.69) is 10.4 Å². The van der Waals surface area contributed by atoms with Crippen molar-refractivity contribution < 1.29 is 4.79 Å². The number of nitrogens with zero attached hydrogens (tertiary/aromatic N) is 2. The summed E-state index contributed by atoms with van der Waals surface area (Å²) in [5, 5.41) is 7.11. The first-order valence-corrected chi connectivity index (χ1v) is 4.46. The Morgan fingerprint density at radius 3 is 3.00 bits per heavy atom. The molecule has 1 saturated heterocycles. The number of rotatable bonds is 3. The van der Waals surface area contributed by atoms with Crippen molar-refractivity contribution in [3.63, 3.8) is 0 Å². The predicted molar refractivity (Wildman–Crippen MR) is 48.3 cm³/mol. The van der Waals surface area contributed by atoms with Crippen LogP contribution in [0.3, 0.4) is 0 Å². The van der Waals surface area contributed by atoms with E-state index in [9.17, 15) is 4.79 Å². The minimum absolute atomic E-state index is 0.236. The van der Waals surface area contributed by atoms with Crippen LogP contribution in [0.5, 0.6) is 0 Å². The van der Waals surface area contributed by atoms with Gasteiger partial charge in [0, 0.05) is 38.7 Å². The average Bonchev–Trinajstić information content (AvgIpc) is 2.31. The minimum Gasteiger partial charge on any atom is -0.315 e. The molecule has 1 aliphatic heterocycles. The van der Waals surface area contributed by atoms with Crippen LogP contribution in [0.15, 0.2) is 12.4 Å². The van der Waals surface area contributed by atoms with Crippen molar-refractivity contribution in [2.45, 2.75) is 6.42 Å². The number of hydrogen-bond acceptors (Lipinski definition) is 3. The van der Waals surface area contributed by atoms with E-state index in [4.69, 9.17) is 0 Å². The van der Waals surface area contributed by atoms with Crippen LogP contribution in [0, 0.1) is 5.92 Å². The van der Waals surface area contributed by atoms with Crippen LogP contribution in [0.2, 0.25) is 0 Å². The molecule has 1 aromatic heterocycles. The van der Waals surface area contributed by atoms with Gasteiger partial charge in [-0.3, -0.25) is 9.48 Å². The normalized spacial score (nSPS) is 17.0. The van der Waals surface area contributed by atoms with Gasteiger partial charge in [0.05, 0.1) is 6.20 Å². The van der Waals surface area contributed by atoms with Gasteiger partial charge in [0.25, 0.3) is 0 Å². The van der Waals surface area contributed by atoms with Gasteiger partial charge in [-0.1, -0.05) is 0 Å². The first-order chi connectivity index (χ1) is 6.25. The Morgan fingerprint density at radius 2 is 2.54 bits per heavy atom. The lowest BCUT2D eigenvalue weighted by Crippen LogP contribution is -2.47. The average molecular weight is 179 g/mol. The van der Waals surface area contributed by atoms with Crippen molar-refractivity contribution in [3.8, 4) is 0 Å². The van der Waals surface area contributed by atoms with Crippen LogP contribution in [0.4, 0.5) is 0 Å². The van der Waals surface area contributed by atoms with Crippen molar-refractivity contribution in [1.29, 1.82) is 0 Å². The molecule has 1 fully saturated rings. The van der Waals surface area contributed by atoms with Crippen molar-refractivity contribution >= 4 is 5.78 Å². The molecule has 0 spiro atoms. The molecule has 0 radical (unpaired) electrons. The van der Waals surface area contributed by atoms with Gasteiger partial charge in [0.15, 0.2) is 0 Å². The number of carbonyl (C=O) groups excluding carboxylic acids is 1. The van der Waals surface area contributed by atoms with Crippen molar-refractivity contribution in [1.82, 2.24) is 15.1 Å². The lowest BCUT2D eigenvalue weighted by molar-refractivity contribution is -0.123. The van der Waals surface area contributed by atoms with E-state index in [1.807, 2.05) is 13.2 Å². The summed E-state index contributed by atoms with van der Waals surface area (Å²) in [6.45, 7) is 1.69. The van der Waals surface area contributed by atoms with Crippen molar-refractivity contribution in [2.75, 3.05) is 13.1 Å². The number of nitrogens with one attached hydrogen (secondary N) is 1. The second kappa shape index (κ2) is 3.30. The molecule has 0 bridgehead atoms. The molecule has 0 atom stereocenters. The predicted octanol–water partition coefficient (Wildman–Crippen LogP) is -0.249. The van der Waals surface area contributed by atoms with Gasteiger partial charge in [0.1, 0.15) is 5.78 Å². The number of Topliss-reactive ketones (excluding diaryl/α,β-unsaturated/α-hetero) is 1. The molecule has 1 N–H and O–H groups in total. The van der Waals surface area contributed by atoms with Crippen molar-refractivity contribution in [2.24, 2.45) is 13.0 Å². The topological polar surface area (TPSA) is 46.9 Å². The fourth-order valence-corrected chi connectivity index (χ4v) is 1.43. The smallest absolute Gasteiger partial charge is 0.142 e. The monoisotopic (exact) mass is 179 g/mol. The van der Waals surface area contributed by atoms with Crippen LogP contribution < -0.4 is 5.32 Å². The van der Waals surface area contributed by atoms with E-state index >= 15 is 0 Å². The van der Waals surface area contributed by atoms with E-state index < -0.39 is 0 Å². The van der Waals surface area contributed by atoms with Crippen molar-refractivity contribution in [3.05, 3.63) is 18.0 Å². The maximum atomic E-state index is 11.5. The van der Waals surface area contributed by atoms with Gasteiger partial charge in [-0.2, -0.15) is 5.10 Å². The molecule has 2 rings (SSSR count). The van der Waals surface area contributed by atoms with E-state index in [1.54, 1.807) is 10.9 Å². The molecular formula is C9H13N3O. The molecule has 4 nitrogen and oxygen atoms in total. The Bertz CT molecular complexity index is 314. The van der Waals surface area contributed by atoms with E-state index in [0.717, 1.165) is 18.7 Å². The molecule has 1 aliphatic rings. The fourth-order valence-electron chi connectivity index (χ4n) is 1.43. The van der Waals surface area contributed by atoms with Gasteiger partial charge in [0.2, 0.25) is 0 Å². The highest BCUT2D eigenvalue weighted by atomic mass is 16.1. The van der Waals surface area contributed by atoms with Gasteiger partial charge in [-0.05, 0) is 5.56 Å². The van der Waals surface area contributed by atoms with Crippen LogP contribution in [-0.2, 0) is 18.3 Å². The third-order valence-corrected chi connectivity index (χ3v) is 2.37. The summed E-state index contributed by atoms with van der Waals surface area (Å²) in [7, 11) is 1.86. The quantitative estimate of drug-likeness (QED) is 0.696. The largest absolute Gasteiger partial charge is 0.315 e. The second-order valence-electron chi connectivity index (χ2n) is 3.52. The lowest BCUT2D eigenvalue weighted by atomic mass is 9.94. The van der Waals surface area contributed by atoms with E-state index in [-0.39, 0.29) is 5.92 Å². The summed E-state index contributed by atoms with van der Waals surface area (Å²) in [6, 6.07) is 0. The maximum Gasteiger partial charge on any atom is 0.142 e. The summed E-state index contributed by atoms with van der Waals surface area (Å²) in [6.07, 6.45) is 4.17. The highest BCUT2D eigenvalue weighted by Crippen LogP contribution is 2.09. The number of aromatic nitrogens is 2. The molecule has 0 amide bonds. The summed E-state index contributed by atoms with van der Waals surface area (Å²) < 4.78 is 1.72. The zero-order valence-corrected chi connectivity index (χ0v) is 7.66. The summed E-state index contributed by atoms with van der Waals surface area (Å²) >= 11 is 0. The SMILES string of the molecule is Cn1cc(CC(=O)C2CNC2)cn1. The standard InChI is InChI=1S/C9H13N3O/c1-12-6-7(3-11-12)2-9(13)8-4-10-5-8/h3,6,8,10H,2,4-5H2,1H3. The molecule has 4 heteroatoms. The van der Waals surface area contributed by atoms with Gasteiger partial charge in [-0.25, -0.2) is 0 Å². The van der Waals surface area contributed by atoms with Crippen LogP contribution in [0.1, 0.15) is 5.56 Å². The third-order valence-electron chi connectivity index (χ3n) is 2.37. The minimum atomic E-state index is 0.236. The van der Waals surface area contributed by atoms with Crippen LogP contribution in [0.25, 0.3) is 0 Å². The maximum absolute atomic E-state index is 11.5. The zero-order valence-electron chi connectivity index (χ0n) is 7.66. The molecule has 13 heavy (non-hydrogen) atoms. The lowest BCUT2D eigenvalue weighted by Gasteiger charge is -2.25. The van der Waals surface area contributed by atoms with E-state index in [1.165, 1.54) is 0 Å². The molecule has 0 saturated carbocycles. The first-order valence-electron chi connectivity index (χ1n) is 4.46. The Morgan fingerprint density at radius 1 is 1.77 bits per heavy atom. The Balaban J connectivity index is 1.93. The number of hydrogen-bond donors (Lipinski definition) is 1. The molecule has 0 aliphatic carbocycles. The molecule has 0 unspecified atom stereocenters. The third kappa shape index (κ3) is 1.78. The van der Waals surface area contributed by atoms with E-state index in [0.29, 0.717) is 12.2 Å². The highest BCUT2D eigenvalue weighted by molar-refractivity contribution is 5.84. The van der Waals surface area contributed by atoms with Gasteiger partial charge >= 0.3 is 0 Å². The Hall–Kier alpha value is -1.16.